The van der Waals surface area contributed by atoms with Crippen LogP contribution in [0.4, 0.5) is 10.5 Å². The fourth-order valence-corrected chi connectivity index (χ4v) is 2.91. The van der Waals surface area contributed by atoms with Gasteiger partial charge in [0.1, 0.15) is 18.2 Å². The van der Waals surface area contributed by atoms with Gasteiger partial charge in [-0.2, -0.15) is 0 Å². The maximum atomic E-state index is 12.4. The van der Waals surface area contributed by atoms with E-state index >= 15 is 0 Å². The Morgan fingerprint density at radius 2 is 1.83 bits per heavy atom. The standard InChI is InChI=1S/C19H27N3O7/c1-3-11(4-2)17(26)21-14-16(25)15(24)13(10-23)28-18(14)22-29-19(27)20-12-8-6-5-7-9-12/h5-9,11,13-16,23-25H,3-4,10H2,1-2H3,(H,20,27)(H,21,26)/b22-18-/t13-,14-,15-,16-/m1/s1. The third kappa shape index (κ3) is 5.89. The van der Waals surface area contributed by atoms with Crippen LogP contribution in [0.3, 0.4) is 0 Å². The number of ether oxygens (including phenoxy) is 1. The van der Waals surface area contributed by atoms with Crippen molar-refractivity contribution in [1.29, 1.82) is 0 Å². The highest BCUT2D eigenvalue weighted by atomic mass is 16.7. The van der Waals surface area contributed by atoms with Gasteiger partial charge in [0.05, 0.1) is 6.61 Å². The van der Waals surface area contributed by atoms with Crippen LogP contribution in [0, 0.1) is 5.92 Å². The minimum Gasteiger partial charge on any atom is -0.468 e. The molecule has 160 valence electrons. The lowest BCUT2D eigenvalue weighted by atomic mass is 9.95. The molecule has 4 atom stereocenters. The molecule has 0 aliphatic carbocycles. The first kappa shape index (κ1) is 22.6. The molecule has 2 rings (SSSR count). The summed E-state index contributed by atoms with van der Waals surface area (Å²) in [6.07, 6.45) is -3.93. The van der Waals surface area contributed by atoms with Gasteiger partial charge in [0.15, 0.2) is 6.10 Å². The summed E-state index contributed by atoms with van der Waals surface area (Å²) in [7, 11) is 0. The number of rotatable bonds is 7. The van der Waals surface area contributed by atoms with Crippen molar-refractivity contribution in [2.24, 2.45) is 11.1 Å². The number of aliphatic hydroxyl groups is 3. The van der Waals surface area contributed by atoms with Gasteiger partial charge in [-0.25, -0.2) is 4.79 Å². The summed E-state index contributed by atoms with van der Waals surface area (Å²) in [5.74, 6) is -0.999. The van der Waals surface area contributed by atoms with E-state index in [-0.39, 0.29) is 17.7 Å². The Morgan fingerprint density at radius 3 is 2.41 bits per heavy atom. The van der Waals surface area contributed by atoms with E-state index in [4.69, 9.17) is 9.57 Å². The quantitative estimate of drug-likeness (QED) is 0.327. The minimum atomic E-state index is -1.52. The number of amides is 2. The van der Waals surface area contributed by atoms with E-state index in [0.29, 0.717) is 18.5 Å². The SMILES string of the molecule is CCC(CC)C(=O)N[C@H]1/C(=N/OC(=O)Nc2ccccc2)O[C@H](CO)[C@@H](O)[C@@H]1O. The molecule has 1 aromatic carbocycles. The topological polar surface area (TPSA) is 150 Å². The largest absolute Gasteiger partial charge is 0.468 e. The van der Waals surface area contributed by atoms with E-state index in [0.717, 1.165) is 0 Å². The molecule has 10 heteroatoms. The van der Waals surface area contributed by atoms with Crippen molar-refractivity contribution >= 4 is 23.6 Å². The highest BCUT2D eigenvalue weighted by Gasteiger charge is 2.44. The lowest BCUT2D eigenvalue weighted by Gasteiger charge is -2.38. The number of hydrogen-bond acceptors (Lipinski definition) is 8. The molecule has 0 aromatic heterocycles. The molecule has 1 aliphatic rings. The molecule has 0 bridgehead atoms. The molecule has 10 nitrogen and oxygen atoms in total. The molecule has 1 aliphatic heterocycles. The average Bonchev–Trinajstić information content (AvgIpc) is 2.72. The molecule has 5 N–H and O–H groups in total. The van der Waals surface area contributed by atoms with Crippen molar-refractivity contribution in [3.05, 3.63) is 30.3 Å². The summed E-state index contributed by atoms with van der Waals surface area (Å²) in [6, 6.07) is 7.27. The first-order chi connectivity index (χ1) is 13.9. The maximum absolute atomic E-state index is 12.4. The van der Waals surface area contributed by atoms with Gasteiger partial charge in [0.25, 0.3) is 5.90 Å². The number of benzene rings is 1. The molecule has 1 fully saturated rings. The average molecular weight is 409 g/mol. The molecule has 1 aromatic rings. The van der Waals surface area contributed by atoms with Crippen molar-refractivity contribution in [2.75, 3.05) is 11.9 Å². The molecule has 0 radical (unpaired) electrons. The number of aliphatic hydroxyl groups excluding tert-OH is 3. The first-order valence-corrected chi connectivity index (χ1v) is 9.46. The lowest BCUT2D eigenvalue weighted by Crippen LogP contribution is -2.63. The third-order valence-corrected chi connectivity index (χ3v) is 4.68. The van der Waals surface area contributed by atoms with Gasteiger partial charge in [-0.05, 0) is 30.1 Å². The first-order valence-electron chi connectivity index (χ1n) is 9.46. The molecule has 0 unspecified atom stereocenters. The normalized spacial score (nSPS) is 25.4. The Bertz CT molecular complexity index is 709. The van der Waals surface area contributed by atoms with Crippen molar-refractivity contribution in [3.63, 3.8) is 0 Å². The second-order valence-corrected chi connectivity index (χ2v) is 6.62. The molecular weight excluding hydrogens is 382 g/mol. The number of oxime groups is 1. The summed E-state index contributed by atoms with van der Waals surface area (Å²) < 4.78 is 5.35. The van der Waals surface area contributed by atoms with Crippen LogP contribution in [0.2, 0.25) is 0 Å². The van der Waals surface area contributed by atoms with Crippen molar-refractivity contribution in [1.82, 2.24) is 5.32 Å². The van der Waals surface area contributed by atoms with E-state index in [9.17, 15) is 24.9 Å². The van der Waals surface area contributed by atoms with Crippen molar-refractivity contribution < 1.29 is 34.5 Å². The predicted molar refractivity (Wildman–Crippen MR) is 104 cm³/mol. The monoisotopic (exact) mass is 409 g/mol. The summed E-state index contributed by atoms with van der Waals surface area (Å²) in [5, 5.41) is 38.4. The number of nitrogens with zero attached hydrogens (tertiary/aromatic N) is 1. The van der Waals surface area contributed by atoms with Crippen LogP contribution in [0.1, 0.15) is 26.7 Å². The van der Waals surface area contributed by atoms with Crippen molar-refractivity contribution in [3.8, 4) is 0 Å². The second kappa shape index (κ2) is 10.7. The fraction of sp³-hybridized carbons (Fsp3) is 0.526. The number of carbonyl (C=O) groups is 2. The molecule has 2 amide bonds. The van der Waals surface area contributed by atoms with Crippen LogP contribution in [0.5, 0.6) is 0 Å². The van der Waals surface area contributed by atoms with Gasteiger partial charge in [-0.1, -0.05) is 32.0 Å². The van der Waals surface area contributed by atoms with Crippen LogP contribution in [0.15, 0.2) is 35.5 Å². The van der Waals surface area contributed by atoms with Gasteiger partial charge in [-0.3, -0.25) is 14.9 Å². The summed E-state index contributed by atoms with van der Waals surface area (Å²) in [5.41, 5.74) is 0.476. The van der Waals surface area contributed by atoms with Crippen LogP contribution in [-0.4, -0.2) is 64.2 Å². The van der Waals surface area contributed by atoms with Gasteiger partial charge >= 0.3 is 6.09 Å². The maximum Gasteiger partial charge on any atom is 0.437 e. The Labute approximate surface area is 168 Å². The summed E-state index contributed by atoms with van der Waals surface area (Å²) >= 11 is 0. The minimum absolute atomic E-state index is 0.307. The van der Waals surface area contributed by atoms with E-state index in [1.54, 1.807) is 30.3 Å². The predicted octanol–water partition coefficient (Wildman–Crippen LogP) is 0.582. The number of anilines is 1. The lowest BCUT2D eigenvalue weighted by molar-refractivity contribution is -0.131. The van der Waals surface area contributed by atoms with Crippen LogP contribution < -0.4 is 10.6 Å². The zero-order valence-electron chi connectivity index (χ0n) is 16.3. The number of carbonyl (C=O) groups excluding carboxylic acids is 2. The zero-order valence-corrected chi connectivity index (χ0v) is 16.3. The highest BCUT2D eigenvalue weighted by Crippen LogP contribution is 2.19. The Balaban J connectivity index is 2.15. The van der Waals surface area contributed by atoms with Crippen LogP contribution in [-0.2, 0) is 14.4 Å². The van der Waals surface area contributed by atoms with E-state index in [1.807, 2.05) is 13.8 Å². The molecule has 0 saturated carbocycles. The summed E-state index contributed by atoms with van der Waals surface area (Å²) in [6.45, 7) is 3.09. The number of para-hydroxylation sites is 1. The van der Waals surface area contributed by atoms with E-state index in [1.165, 1.54) is 0 Å². The number of hydrogen-bond donors (Lipinski definition) is 5. The molecule has 29 heavy (non-hydrogen) atoms. The molecular formula is C19H27N3O7. The number of nitrogens with one attached hydrogen (secondary N) is 2. The highest BCUT2D eigenvalue weighted by molar-refractivity contribution is 5.90. The molecule has 1 heterocycles. The molecule has 1 saturated heterocycles. The van der Waals surface area contributed by atoms with Crippen LogP contribution >= 0.6 is 0 Å². The van der Waals surface area contributed by atoms with E-state index < -0.39 is 37.1 Å². The molecule has 0 spiro atoms. The van der Waals surface area contributed by atoms with Gasteiger partial charge < -0.3 is 25.4 Å². The zero-order chi connectivity index (χ0) is 21.4. The smallest absolute Gasteiger partial charge is 0.437 e. The van der Waals surface area contributed by atoms with Gasteiger partial charge in [-0.15, -0.1) is 0 Å². The van der Waals surface area contributed by atoms with Gasteiger partial charge in [0, 0.05) is 11.6 Å². The fourth-order valence-electron chi connectivity index (χ4n) is 2.91. The third-order valence-electron chi connectivity index (χ3n) is 4.68. The summed E-state index contributed by atoms with van der Waals surface area (Å²) in [4.78, 5) is 29.1. The Kier molecular flexibility index (Phi) is 8.37. The Hall–Kier alpha value is -2.69. The van der Waals surface area contributed by atoms with Crippen LogP contribution in [0.25, 0.3) is 0 Å². The second-order valence-electron chi connectivity index (χ2n) is 6.62. The van der Waals surface area contributed by atoms with E-state index in [2.05, 4.69) is 15.8 Å². The Morgan fingerprint density at radius 1 is 1.17 bits per heavy atom. The van der Waals surface area contributed by atoms with Gasteiger partial charge in [0.2, 0.25) is 5.91 Å². The van der Waals surface area contributed by atoms with Crippen molar-refractivity contribution in [2.45, 2.75) is 51.0 Å².